The normalized spacial score (nSPS) is 12.3. The van der Waals surface area contributed by atoms with Crippen molar-refractivity contribution in [1.29, 1.82) is 0 Å². The second-order valence-corrected chi connectivity index (χ2v) is 4.61. The van der Waals surface area contributed by atoms with Crippen LogP contribution in [0, 0.1) is 0 Å². The zero-order valence-electron chi connectivity index (χ0n) is 11.2. The van der Waals surface area contributed by atoms with Crippen molar-refractivity contribution in [2.24, 2.45) is 7.05 Å². The molecule has 0 aliphatic rings. The Labute approximate surface area is 112 Å². The average molecular weight is 258 g/mol. The van der Waals surface area contributed by atoms with E-state index < -0.39 is 11.9 Å². The standard InChI is InChI=1S/C15H18N2O2/c1-3-12-9-13(17(2)16-12)10-14(15(18)19)11-7-5-4-6-8-11/h4-9,14H,3,10H2,1-2H3,(H,18,19). The quantitative estimate of drug-likeness (QED) is 0.896. The summed E-state index contributed by atoms with van der Waals surface area (Å²) >= 11 is 0. The third kappa shape index (κ3) is 3.02. The highest BCUT2D eigenvalue weighted by atomic mass is 16.4. The van der Waals surface area contributed by atoms with Crippen LogP contribution in [0.2, 0.25) is 0 Å². The van der Waals surface area contributed by atoms with Crippen molar-refractivity contribution >= 4 is 5.97 Å². The van der Waals surface area contributed by atoms with Crippen LogP contribution in [-0.2, 0) is 24.7 Å². The van der Waals surface area contributed by atoms with Gasteiger partial charge in [0.1, 0.15) is 0 Å². The van der Waals surface area contributed by atoms with Gasteiger partial charge in [0.05, 0.1) is 11.6 Å². The van der Waals surface area contributed by atoms with E-state index in [1.165, 1.54) is 0 Å². The maximum absolute atomic E-state index is 11.5. The van der Waals surface area contributed by atoms with Crippen LogP contribution in [-0.4, -0.2) is 20.9 Å². The van der Waals surface area contributed by atoms with Crippen LogP contribution < -0.4 is 0 Å². The molecular weight excluding hydrogens is 240 g/mol. The lowest BCUT2D eigenvalue weighted by molar-refractivity contribution is -0.138. The van der Waals surface area contributed by atoms with Gasteiger partial charge < -0.3 is 5.11 Å². The first kappa shape index (κ1) is 13.3. The molecule has 2 aromatic rings. The monoisotopic (exact) mass is 258 g/mol. The van der Waals surface area contributed by atoms with Gasteiger partial charge in [0.25, 0.3) is 0 Å². The molecule has 0 saturated carbocycles. The minimum absolute atomic E-state index is 0.461. The van der Waals surface area contributed by atoms with E-state index >= 15 is 0 Å². The maximum Gasteiger partial charge on any atom is 0.311 e. The van der Waals surface area contributed by atoms with Gasteiger partial charge in [-0.25, -0.2) is 0 Å². The van der Waals surface area contributed by atoms with E-state index in [0.29, 0.717) is 6.42 Å². The van der Waals surface area contributed by atoms with Crippen molar-refractivity contribution in [1.82, 2.24) is 9.78 Å². The number of carboxylic acid groups (broad SMARTS) is 1. The molecule has 1 aromatic heterocycles. The van der Waals surface area contributed by atoms with Crippen molar-refractivity contribution in [2.75, 3.05) is 0 Å². The number of aliphatic carboxylic acids is 1. The largest absolute Gasteiger partial charge is 0.481 e. The summed E-state index contributed by atoms with van der Waals surface area (Å²) in [6.07, 6.45) is 1.32. The molecule has 19 heavy (non-hydrogen) atoms. The highest BCUT2D eigenvalue weighted by Gasteiger charge is 2.21. The Morgan fingerprint density at radius 2 is 2.05 bits per heavy atom. The highest BCUT2D eigenvalue weighted by Crippen LogP contribution is 2.21. The Kier molecular flexibility index (Phi) is 4.00. The van der Waals surface area contributed by atoms with Gasteiger partial charge in [-0.1, -0.05) is 37.3 Å². The molecule has 0 bridgehead atoms. The summed E-state index contributed by atoms with van der Waals surface area (Å²) in [5, 5.41) is 13.8. The second kappa shape index (κ2) is 5.69. The molecule has 1 atom stereocenters. The zero-order chi connectivity index (χ0) is 13.8. The highest BCUT2D eigenvalue weighted by molar-refractivity contribution is 5.76. The summed E-state index contributed by atoms with van der Waals surface area (Å²) < 4.78 is 1.78. The lowest BCUT2D eigenvalue weighted by Gasteiger charge is -2.12. The van der Waals surface area contributed by atoms with E-state index in [1.54, 1.807) is 4.68 Å². The molecule has 0 amide bonds. The van der Waals surface area contributed by atoms with Gasteiger partial charge in [-0.05, 0) is 18.1 Å². The molecule has 100 valence electrons. The Balaban J connectivity index is 2.26. The summed E-state index contributed by atoms with van der Waals surface area (Å²) in [7, 11) is 1.86. The number of nitrogens with zero attached hydrogens (tertiary/aromatic N) is 2. The predicted molar refractivity (Wildman–Crippen MR) is 73.1 cm³/mol. The SMILES string of the molecule is CCc1cc(CC(C(=O)O)c2ccccc2)n(C)n1. The minimum Gasteiger partial charge on any atom is -0.481 e. The molecule has 0 radical (unpaired) electrons. The lowest BCUT2D eigenvalue weighted by atomic mass is 9.94. The van der Waals surface area contributed by atoms with Crippen LogP contribution in [0.1, 0.15) is 29.8 Å². The van der Waals surface area contributed by atoms with Gasteiger partial charge in [-0.3, -0.25) is 9.48 Å². The summed E-state index contributed by atoms with van der Waals surface area (Å²) in [6.45, 7) is 2.04. The topological polar surface area (TPSA) is 55.1 Å². The molecule has 4 heteroatoms. The molecule has 0 spiro atoms. The number of carbonyl (C=O) groups is 1. The Bertz CT molecular complexity index is 561. The van der Waals surface area contributed by atoms with Gasteiger partial charge in [-0.15, -0.1) is 0 Å². The second-order valence-electron chi connectivity index (χ2n) is 4.61. The molecule has 2 rings (SSSR count). The average Bonchev–Trinajstić information content (AvgIpc) is 2.77. The Hall–Kier alpha value is -2.10. The van der Waals surface area contributed by atoms with Crippen LogP contribution in [0.25, 0.3) is 0 Å². The van der Waals surface area contributed by atoms with Crippen LogP contribution in [0.5, 0.6) is 0 Å². The smallest absolute Gasteiger partial charge is 0.311 e. The number of benzene rings is 1. The third-order valence-corrected chi connectivity index (χ3v) is 3.30. The molecule has 0 aliphatic carbocycles. The fourth-order valence-corrected chi connectivity index (χ4v) is 2.18. The number of aryl methyl sites for hydroxylation is 2. The molecule has 0 fully saturated rings. The molecule has 4 nitrogen and oxygen atoms in total. The molecule has 1 N–H and O–H groups in total. The van der Waals surface area contributed by atoms with Gasteiger partial charge >= 0.3 is 5.97 Å². The van der Waals surface area contributed by atoms with Gasteiger partial charge in [0.2, 0.25) is 0 Å². The summed E-state index contributed by atoms with van der Waals surface area (Å²) in [5.41, 5.74) is 2.78. The summed E-state index contributed by atoms with van der Waals surface area (Å²) in [5.74, 6) is -1.33. The summed E-state index contributed by atoms with van der Waals surface area (Å²) in [6, 6.07) is 11.3. The zero-order valence-corrected chi connectivity index (χ0v) is 11.2. The third-order valence-electron chi connectivity index (χ3n) is 3.30. The van der Waals surface area contributed by atoms with Crippen molar-refractivity contribution in [2.45, 2.75) is 25.7 Å². The summed E-state index contributed by atoms with van der Waals surface area (Å²) in [4.78, 5) is 11.5. The van der Waals surface area contributed by atoms with Crippen LogP contribution in [0.15, 0.2) is 36.4 Å². The van der Waals surface area contributed by atoms with Crippen molar-refractivity contribution < 1.29 is 9.90 Å². The molecular formula is C15H18N2O2. The number of aromatic nitrogens is 2. The number of hydrogen-bond donors (Lipinski definition) is 1. The van der Waals surface area contributed by atoms with E-state index in [1.807, 2.05) is 50.4 Å². The molecule has 1 unspecified atom stereocenters. The van der Waals surface area contributed by atoms with Crippen LogP contribution in [0.3, 0.4) is 0 Å². The minimum atomic E-state index is -0.801. The Morgan fingerprint density at radius 1 is 1.37 bits per heavy atom. The number of carboxylic acids is 1. The van der Waals surface area contributed by atoms with Gasteiger partial charge in [-0.2, -0.15) is 5.10 Å². The van der Waals surface area contributed by atoms with Gasteiger partial charge in [0, 0.05) is 19.2 Å². The first-order chi connectivity index (χ1) is 9.11. The molecule has 0 saturated heterocycles. The van der Waals surface area contributed by atoms with Gasteiger partial charge in [0.15, 0.2) is 0 Å². The number of hydrogen-bond acceptors (Lipinski definition) is 2. The van der Waals surface area contributed by atoms with E-state index in [4.69, 9.17) is 0 Å². The van der Waals surface area contributed by atoms with E-state index in [2.05, 4.69) is 5.10 Å². The first-order valence-electron chi connectivity index (χ1n) is 6.41. The first-order valence-corrected chi connectivity index (χ1v) is 6.41. The van der Waals surface area contributed by atoms with E-state index in [0.717, 1.165) is 23.4 Å². The van der Waals surface area contributed by atoms with E-state index in [-0.39, 0.29) is 0 Å². The van der Waals surface area contributed by atoms with Crippen molar-refractivity contribution in [3.63, 3.8) is 0 Å². The molecule has 1 heterocycles. The van der Waals surface area contributed by atoms with E-state index in [9.17, 15) is 9.90 Å². The van der Waals surface area contributed by atoms with Crippen LogP contribution >= 0.6 is 0 Å². The predicted octanol–water partition coefficient (Wildman–Crippen LogP) is 2.39. The van der Waals surface area contributed by atoms with Crippen molar-refractivity contribution in [3.8, 4) is 0 Å². The lowest BCUT2D eigenvalue weighted by Crippen LogP contribution is -2.16. The van der Waals surface area contributed by atoms with Crippen LogP contribution in [0.4, 0.5) is 0 Å². The fraction of sp³-hybridized carbons (Fsp3) is 0.333. The van der Waals surface area contributed by atoms with Crippen molar-refractivity contribution in [3.05, 3.63) is 53.3 Å². The number of rotatable bonds is 5. The Morgan fingerprint density at radius 3 is 2.58 bits per heavy atom. The molecule has 1 aromatic carbocycles. The fourth-order valence-electron chi connectivity index (χ4n) is 2.18. The maximum atomic E-state index is 11.5. The molecule has 0 aliphatic heterocycles.